The Balaban J connectivity index is 2.77. The van der Waals surface area contributed by atoms with Gasteiger partial charge in [-0.3, -0.25) is 0 Å². The van der Waals surface area contributed by atoms with E-state index in [4.69, 9.17) is 0 Å². The van der Waals surface area contributed by atoms with Gasteiger partial charge in [0.05, 0.1) is 3.79 Å². The van der Waals surface area contributed by atoms with E-state index in [0.717, 1.165) is 12.8 Å². The highest BCUT2D eigenvalue weighted by molar-refractivity contribution is 9.11. The summed E-state index contributed by atoms with van der Waals surface area (Å²) in [4.78, 5) is 0. The molecule has 0 nitrogen and oxygen atoms in total. The van der Waals surface area contributed by atoms with E-state index in [1.165, 1.54) is 25.0 Å². The van der Waals surface area contributed by atoms with Gasteiger partial charge in [0.2, 0.25) is 0 Å². The lowest BCUT2D eigenvalue weighted by Gasteiger charge is -2.03. The number of fused-ring (bicyclic) bond motifs is 1. The maximum Gasteiger partial charge on any atom is 0.0711 e. The van der Waals surface area contributed by atoms with Crippen molar-refractivity contribution >= 4 is 37.4 Å². The normalized spacial score (nSPS) is 11.1. The van der Waals surface area contributed by atoms with E-state index in [1.807, 2.05) is 11.3 Å². The first-order chi connectivity index (χ1) is 6.76. The van der Waals surface area contributed by atoms with Crippen molar-refractivity contribution < 1.29 is 0 Å². The Bertz CT molecular complexity index is 416. The van der Waals surface area contributed by atoms with Crippen molar-refractivity contribution in [2.24, 2.45) is 0 Å². The number of thiophene rings is 1. The van der Waals surface area contributed by atoms with Gasteiger partial charge in [0, 0.05) is 4.70 Å². The third kappa shape index (κ3) is 1.61. The molecule has 0 aliphatic heterocycles. The van der Waals surface area contributed by atoms with Crippen molar-refractivity contribution in [1.29, 1.82) is 0 Å². The van der Waals surface area contributed by atoms with Crippen LogP contribution < -0.4 is 0 Å². The Morgan fingerprint density at radius 1 is 1.14 bits per heavy atom. The molecule has 2 aromatic rings. The van der Waals surface area contributed by atoms with Crippen molar-refractivity contribution in [3.63, 3.8) is 0 Å². The van der Waals surface area contributed by atoms with E-state index < -0.39 is 0 Å². The van der Waals surface area contributed by atoms with E-state index in [9.17, 15) is 0 Å². The fraction of sp³-hybridized carbons (Fsp3) is 0.333. The molecule has 0 unspecified atom stereocenters. The SMILES string of the molecule is CCc1ccc(CC)c2sc(Br)cc12. The summed E-state index contributed by atoms with van der Waals surface area (Å²) in [5, 5.41) is 1.43. The van der Waals surface area contributed by atoms with E-state index in [1.54, 1.807) is 0 Å². The van der Waals surface area contributed by atoms with Gasteiger partial charge in [-0.1, -0.05) is 26.0 Å². The van der Waals surface area contributed by atoms with Crippen LogP contribution in [0.2, 0.25) is 0 Å². The molecule has 1 aromatic carbocycles. The summed E-state index contributed by atoms with van der Waals surface area (Å²) in [6.07, 6.45) is 2.23. The molecule has 0 N–H and O–H groups in total. The largest absolute Gasteiger partial charge is 0.128 e. The summed E-state index contributed by atoms with van der Waals surface area (Å²) >= 11 is 5.42. The highest BCUT2D eigenvalue weighted by atomic mass is 79.9. The minimum absolute atomic E-state index is 1.11. The molecule has 0 bridgehead atoms. The van der Waals surface area contributed by atoms with Crippen LogP contribution in [0.1, 0.15) is 25.0 Å². The zero-order valence-electron chi connectivity index (χ0n) is 8.43. The Hall–Kier alpha value is -0.340. The van der Waals surface area contributed by atoms with E-state index in [0.29, 0.717) is 0 Å². The van der Waals surface area contributed by atoms with Gasteiger partial charge in [-0.25, -0.2) is 0 Å². The molecule has 2 heteroatoms. The number of halogens is 1. The molecule has 1 heterocycles. The van der Waals surface area contributed by atoms with Gasteiger partial charge < -0.3 is 0 Å². The fourth-order valence-corrected chi connectivity index (χ4v) is 3.52. The Morgan fingerprint density at radius 3 is 2.43 bits per heavy atom. The quantitative estimate of drug-likeness (QED) is 0.735. The van der Waals surface area contributed by atoms with Crippen LogP contribution in [0.4, 0.5) is 0 Å². The standard InChI is InChI=1S/C12H13BrS/c1-3-8-5-6-9(4-2)12-10(8)7-11(13)14-12/h5-7H,3-4H2,1-2H3. The highest BCUT2D eigenvalue weighted by Crippen LogP contribution is 2.34. The van der Waals surface area contributed by atoms with Gasteiger partial charge >= 0.3 is 0 Å². The predicted octanol–water partition coefficient (Wildman–Crippen LogP) is 4.79. The lowest BCUT2D eigenvalue weighted by Crippen LogP contribution is -1.85. The van der Waals surface area contributed by atoms with Gasteiger partial charge in [0.1, 0.15) is 0 Å². The second-order valence-corrected chi connectivity index (χ2v) is 5.82. The summed E-state index contributed by atoms with van der Waals surface area (Å²) in [5.41, 5.74) is 2.92. The van der Waals surface area contributed by atoms with Gasteiger partial charge in [0.15, 0.2) is 0 Å². The predicted molar refractivity (Wildman–Crippen MR) is 68.3 cm³/mol. The first kappa shape index (κ1) is 10.2. The molecule has 0 spiro atoms. The third-order valence-electron chi connectivity index (χ3n) is 2.59. The zero-order valence-corrected chi connectivity index (χ0v) is 10.8. The average Bonchev–Trinajstić information content (AvgIpc) is 2.57. The van der Waals surface area contributed by atoms with Crippen LogP contribution in [0, 0.1) is 0 Å². The van der Waals surface area contributed by atoms with Gasteiger partial charge in [0.25, 0.3) is 0 Å². The monoisotopic (exact) mass is 268 g/mol. The molecule has 0 atom stereocenters. The number of rotatable bonds is 2. The number of hydrogen-bond donors (Lipinski definition) is 0. The van der Waals surface area contributed by atoms with Crippen molar-refractivity contribution in [2.45, 2.75) is 26.7 Å². The fourth-order valence-electron chi connectivity index (χ4n) is 1.79. The van der Waals surface area contributed by atoms with Crippen molar-refractivity contribution in [3.8, 4) is 0 Å². The molecule has 0 amide bonds. The first-order valence-electron chi connectivity index (χ1n) is 4.96. The molecular formula is C12H13BrS. The lowest BCUT2D eigenvalue weighted by atomic mass is 10.0. The molecule has 14 heavy (non-hydrogen) atoms. The molecule has 1 aromatic heterocycles. The van der Waals surface area contributed by atoms with Crippen LogP contribution in [0.3, 0.4) is 0 Å². The summed E-state index contributed by atoms with van der Waals surface area (Å²) in [5.74, 6) is 0. The minimum atomic E-state index is 1.11. The molecule has 0 fully saturated rings. The summed E-state index contributed by atoms with van der Waals surface area (Å²) in [6, 6.07) is 6.78. The summed E-state index contributed by atoms with van der Waals surface area (Å²) < 4.78 is 2.70. The van der Waals surface area contributed by atoms with Crippen molar-refractivity contribution in [2.75, 3.05) is 0 Å². The minimum Gasteiger partial charge on any atom is -0.128 e. The Labute approximate surface area is 97.1 Å². The molecule has 74 valence electrons. The third-order valence-corrected chi connectivity index (χ3v) is 4.30. The second-order valence-electron chi connectivity index (χ2n) is 3.38. The molecular weight excluding hydrogens is 256 g/mol. The van der Waals surface area contributed by atoms with Gasteiger partial charge in [-0.2, -0.15) is 0 Å². The van der Waals surface area contributed by atoms with Crippen molar-refractivity contribution in [1.82, 2.24) is 0 Å². The van der Waals surface area contributed by atoms with Gasteiger partial charge in [-0.15, -0.1) is 11.3 Å². The van der Waals surface area contributed by atoms with Crippen molar-refractivity contribution in [3.05, 3.63) is 33.1 Å². The number of hydrogen-bond acceptors (Lipinski definition) is 1. The lowest BCUT2D eigenvalue weighted by molar-refractivity contribution is 1.13. The Kier molecular flexibility index (Phi) is 2.93. The van der Waals surface area contributed by atoms with E-state index in [2.05, 4.69) is 48.0 Å². The summed E-state index contributed by atoms with van der Waals surface area (Å²) in [6.45, 7) is 4.43. The van der Waals surface area contributed by atoms with Crippen LogP contribution >= 0.6 is 27.3 Å². The molecule has 0 aliphatic rings. The molecule has 0 aliphatic carbocycles. The average molecular weight is 269 g/mol. The van der Waals surface area contributed by atoms with E-state index >= 15 is 0 Å². The number of aryl methyl sites for hydroxylation is 2. The molecule has 0 radical (unpaired) electrons. The number of benzene rings is 1. The van der Waals surface area contributed by atoms with Crippen LogP contribution in [-0.2, 0) is 12.8 Å². The summed E-state index contributed by atoms with van der Waals surface area (Å²) in [7, 11) is 0. The zero-order chi connectivity index (χ0) is 10.1. The molecule has 0 saturated heterocycles. The Morgan fingerprint density at radius 2 is 1.79 bits per heavy atom. The second kappa shape index (κ2) is 4.03. The maximum absolute atomic E-state index is 3.57. The van der Waals surface area contributed by atoms with Crippen LogP contribution in [0.5, 0.6) is 0 Å². The topological polar surface area (TPSA) is 0 Å². The van der Waals surface area contributed by atoms with Crippen LogP contribution in [-0.4, -0.2) is 0 Å². The molecule has 2 rings (SSSR count). The van der Waals surface area contributed by atoms with Crippen LogP contribution in [0.25, 0.3) is 10.1 Å². The highest BCUT2D eigenvalue weighted by Gasteiger charge is 2.07. The first-order valence-corrected chi connectivity index (χ1v) is 6.57. The van der Waals surface area contributed by atoms with Crippen LogP contribution in [0.15, 0.2) is 22.0 Å². The maximum atomic E-state index is 3.57. The van der Waals surface area contributed by atoms with Gasteiger partial charge in [-0.05, 0) is 51.4 Å². The smallest absolute Gasteiger partial charge is 0.0711 e. The molecule has 0 saturated carbocycles. The van der Waals surface area contributed by atoms with E-state index in [-0.39, 0.29) is 0 Å².